The van der Waals surface area contributed by atoms with Crippen molar-refractivity contribution < 1.29 is 0 Å². The molecule has 11 aromatic rings. The van der Waals surface area contributed by atoms with E-state index in [0.717, 1.165) is 0 Å². The second-order valence-electron chi connectivity index (χ2n) is 12.9. The van der Waals surface area contributed by atoms with Crippen LogP contribution in [0.15, 0.2) is 156 Å². The molecule has 4 heteroatoms. The van der Waals surface area contributed by atoms with Gasteiger partial charge in [0.2, 0.25) is 0 Å². The van der Waals surface area contributed by atoms with Gasteiger partial charge in [-0.1, -0.05) is 121 Å². The Morgan fingerprint density at radius 3 is 0.960 bits per heavy atom. The Morgan fingerprint density at radius 2 is 0.580 bits per heavy atom. The minimum absolute atomic E-state index is 1.23. The minimum atomic E-state index is 1.23. The van der Waals surface area contributed by atoms with E-state index < -0.39 is 0 Å². The molecular weight excluding hydrogens is 681 g/mol. The van der Waals surface area contributed by atoms with Crippen molar-refractivity contribution in [1.82, 2.24) is 0 Å². The van der Waals surface area contributed by atoms with Crippen LogP contribution in [-0.4, -0.2) is 0 Å². The van der Waals surface area contributed by atoms with Crippen LogP contribution in [-0.2, 0) is 0 Å². The molecule has 4 aromatic heterocycles. The van der Waals surface area contributed by atoms with Crippen LogP contribution < -0.4 is 0 Å². The standard InChI is InChI=1S/C46H26S4/c1-2-28(30-7-11-32(12-8-30)42-26-36-16-20-38-40(46(36)50-42)18-14-34-22-24-48-44(34)38)4-3-27(1)29-5-9-31(10-6-29)41-25-35-15-19-37-39(45(35)49-41)17-13-33-21-23-47-43(33)37/h1-26H. The van der Waals surface area contributed by atoms with Crippen molar-refractivity contribution in [1.29, 1.82) is 0 Å². The van der Waals surface area contributed by atoms with Gasteiger partial charge >= 0.3 is 0 Å². The normalized spacial score (nSPS) is 12.0. The topological polar surface area (TPSA) is 0 Å². The maximum Gasteiger partial charge on any atom is 0.0428 e. The molecule has 0 atom stereocenters. The van der Waals surface area contributed by atoms with Crippen molar-refractivity contribution in [3.05, 3.63) is 156 Å². The molecule has 0 bridgehead atoms. The van der Waals surface area contributed by atoms with Gasteiger partial charge in [0.15, 0.2) is 0 Å². The number of rotatable bonds is 4. The molecule has 0 nitrogen and oxygen atoms in total. The molecule has 11 rings (SSSR count). The zero-order chi connectivity index (χ0) is 32.8. The van der Waals surface area contributed by atoms with Gasteiger partial charge in [-0.05, 0) is 90.0 Å². The Labute approximate surface area is 304 Å². The third kappa shape index (κ3) is 4.53. The molecule has 50 heavy (non-hydrogen) atoms. The Kier molecular flexibility index (Phi) is 6.44. The molecule has 0 saturated carbocycles. The molecule has 0 saturated heterocycles. The third-order valence-electron chi connectivity index (χ3n) is 10.1. The number of hydrogen-bond acceptors (Lipinski definition) is 4. The molecule has 0 aliphatic rings. The molecule has 7 aromatic carbocycles. The van der Waals surface area contributed by atoms with Crippen molar-refractivity contribution in [3.8, 4) is 43.1 Å². The Balaban J connectivity index is 0.847. The van der Waals surface area contributed by atoms with E-state index in [0.29, 0.717) is 0 Å². The smallest absolute Gasteiger partial charge is 0.0428 e. The van der Waals surface area contributed by atoms with Gasteiger partial charge in [0.1, 0.15) is 0 Å². The molecule has 0 unspecified atom stereocenters. The lowest BCUT2D eigenvalue weighted by Crippen LogP contribution is -1.82. The maximum absolute atomic E-state index is 2.35. The average Bonchev–Trinajstić information content (AvgIpc) is 4.00. The summed E-state index contributed by atoms with van der Waals surface area (Å²) in [6, 6.07) is 54.5. The van der Waals surface area contributed by atoms with Crippen molar-refractivity contribution in [2.45, 2.75) is 0 Å². The van der Waals surface area contributed by atoms with Gasteiger partial charge in [0.05, 0.1) is 0 Å². The Morgan fingerprint density at radius 1 is 0.260 bits per heavy atom. The fourth-order valence-electron chi connectivity index (χ4n) is 7.45. The van der Waals surface area contributed by atoms with E-state index in [1.165, 1.54) is 105 Å². The first-order valence-corrected chi connectivity index (χ1v) is 20.1. The fourth-order valence-corrected chi connectivity index (χ4v) is 11.7. The van der Waals surface area contributed by atoms with E-state index in [2.05, 4.69) is 156 Å². The van der Waals surface area contributed by atoms with E-state index >= 15 is 0 Å². The zero-order valence-corrected chi connectivity index (χ0v) is 29.9. The summed E-state index contributed by atoms with van der Waals surface area (Å²) in [6.07, 6.45) is 0. The van der Waals surface area contributed by atoms with Gasteiger partial charge < -0.3 is 0 Å². The van der Waals surface area contributed by atoms with Crippen molar-refractivity contribution in [2.24, 2.45) is 0 Å². The molecule has 4 heterocycles. The molecule has 0 radical (unpaired) electrons. The molecule has 0 fully saturated rings. The summed E-state index contributed by atoms with van der Waals surface area (Å²) in [5.41, 5.74) is 7.47. The van der Waals surface area contributed by atoms with E-state index in [4.69, 9.17) is 0 Å². The first-order valence-electron chi connectivity index (χ1n) is 16.7. The average molecular weight is 707 g/mol. The molecule has 0 aliphatic heterocycles. The van der Waals surface area contributed by atoms with Crippen LogP contribution >= 0.6 is 45.3 Å². The second kappa shape index (κ2) is 11.2. The van der Waals surface area contributed by atoms with Crippen LogP contribution in [0.2, 0.25) is 0 Å². The summed E-state index contributed by atoms with van der Waals surface area (Å²) in [5, 5.41) is 15.1. The summed E-state index contributed by atoms with van der Waals surface area (Å²) in [6.45, 7) is 0. The molecule has 0 amide bonds. The molecule has 0 N–H and O–H groups in total. The highest BCUT2D eigenvalue weighted by molar-refractivity contribution is 7.24. The first-order chi connectivity index (χ1) is 24.7. The number of hydrogen-bond donors (Lipinski definition) is 0. The largest absolute Gasteiger partial charge is 0.143 e. The Hall–Kier alpha value is -5.10. The predicted octanol–water partition coefficient (Wildman–Crippen LogP) is 15.5. The van der Waals surface area contributed by atoms with Crippen molar-refractivity contribution in [2.75, 3.05) is 0 Å². The number of fused-ring (bicyclic) bond motifs is 10. The minimum Gasteiger partial charge on any atom is -0.143 e. The van der Waals surface area contributed by atoms with E-state index in [-0.39, 0.29) is 0 Å². The quantitative estimate of drug-likeness (QED) is 0.171. The molecular formula is C46H26S4. The molecule has 0 aliphatic carbocycles. The lowest BCUT2D eigenvalue weighted by molar-refractivity contribution is 1.59. The van der Waals surface area contributed by atoms with Crippen LogP contribution in [0, 0.1) is 0 Å². The number of benzene rings is 7. The van der Waals surface area contributed by atoms with Gasteiger partial charge in [0.25, 0.3) is 0 Å². The van der Waals surface area contributed by atoms with Gasteiger partial charge in [-0.3, -0.25) is 0 Å². The van der Waals surface area contributed by atoms with Gasteiger partial charge in [-0.2, -0.15) is 0 Å². The van der Waals surface area contributed by atoms with Crippen molar-refractivity contribution in [3.63, 3.8) is 0 Å². The highest BCUT2D eigenvalue weighted by atomic mass is 32.1. The van der Waals surface area contributed by atoms with E-state index in [1.54, 1.807) is 0 Å². The van der Waals surface area contributed by atoms with Gasteiger partial charge in [0, 0.05) is 50.1 Å². The van der Waals surface area contributed by atoms with E-state index in [9.17, 15) is 0 Å². The van der Waals surface area contributed by atoms with Crippen LogP contribution in [0.1, 0.15) is 0 Å². The summed E-state index contributed by atoms with van der Waals surface area (Å²) in [5.74, 6) is 0. The highest BCUT2D eigenvalue weighted by Crippen LogP contribution is 2.43. The van der Waals surface area contributed by atoms with Gasteiger partial charge in [-0.25, -0.2) is 0 Å². The summed E-state index contributed by atoms with van der Waals surface area (Å²) >= 11 is 7.46. The zero-order valence-electron chi connectivity index (χ0n) is 26.6. The molecule has 234 valence electrons. The van der Waals surface area contributed by atoms with E-state index in [1.807, 2.05) is 45.3 Å². The molecule has 0 spiro atoms. The lowest BCUT2D eigenvalue weighted by atomic mass is 9.98. The third-order valence-corrected chi connectivity index (χ3v) is 14.5. The van der Waals surface area contributed by atoms with Crippen molar-refractivity contribution >= 4 is 107 Å². The second-order valence-corrected chi connectivity index (χ2v) is 16.9. The maximum atomic E-state index is 2.35. The van der Waals surface area contributed by atoms with Crippen LogP contribution in [0.5, 0.6) is 0 Å². The van der Waals surface area contributed by atoms with Crippen LogP contribution in [0.4, 0.5) is 0 Å². The predicted molar refractivity (Wildman–Crippen MR) is 225 cm³/mol. The summed E-state index contributed by atoms with van der Waals surface area (Å²) in [7, 11) is 0. The SMILES string of the molecule is c1cc2ccc3c(ccc4cc(-c5ccc(-c6ccc(-c7ccc(-c8cc9ccc%10c(ccc%11ccsc%11%10)c9s8)cc7)cc6)cc5)sc43)c2s1. The van der Waals surface area contributed by atoms with Gasteiger partial charge in [-0.15, -0.1) is 45.3 Å². The first kappa shape index (κ1) is 28.7. The monoisotopic (exact) mass is 706 g/mol. The van der Waals surface area contributed by atoms with Crippen LogP contribution in [0.25, 0.3) is 105 Å². The van der Waals surface area contributed by atoms with Crippen LogP contribution in [0.3, 0.4) is 0 Å². The summed E-state index contributed by atoms with van der Waals surface area (Å²) < 4.78 is 5.51. The lowest BCUT2D eigenvalue weighted by Gasteiger charge is -2.07. The Bertz CT molecular complexity index is 2850. The highest BCUT2D eigenvalue weighted by Gasteiger charge is 2.13. The fraction of sp³-hybridized carbons (Fsp3) is 0. The summed E-state index contributed by atoms with van der Waals surface area (Å²) in [4.78, 5) is 2.63. The number of thiophene rings is 4.